The second kappa shape index (κ2) is 6.18. The molecule has 19 heavy (non-hydrogen) atoms. The minimum Gasteiger partial charge on any atom is -0.439 e. The monoisotopic (exact) mass is 257 g/mol. The molecule has 0 fully saturated rings. The van der Waals surface area contributed by atoms with Crippen LogP contribution in [0, 0.1) is 13.8 Å². The number of nitrogens with one attached hydrogen (secondary N) is 1. The van der Waals surface area contributed by atoms with Crippen molar-refractivity contribution in [1.82, 2.24) is 9.97 Å². The summed E-state index contributed by atoms with van der Waals surface area (Å²) < 4.78 is 5.79. The van der Waals surface area contributed by atoms with Crippen molar-refractivity contribution in [2.24, 2.45) is 0 Å². The Labute approximate surface area is 113 Å². The molecule has 2 rings (SSSR count). The maximum absolute atomic E-state index is 5.79. The third kappa shape index (κ3) is 3.68. The van der Waals surface area contributed by atoms with Gasteiger partial charge in [0, 0.05) is 18.8 Å². The molecule has 0 unspecified atom stereocenters. The van der Waals surface area contributed by atoms with Crippen molar-refractivity contribution >= 4 is 5.95 Å². The number of aromatic nitrogens is 2. The average molecular weight is 257 g/mol. The van der Waals surface area contributed by atoms with Crippen LogP contribution in [0.5, 0.6) is 11.6 Å². The summed E-state index contributed by atoms with van der Waals surface area (Å²) in [5.74, 6) is 1.98. The van der Waals surface area contributed by atoms with E-state index in [1.165, 1.54) is 5.56 Å². The maximum atomic E-state index is 5.79. The van der Waals surface area contributed by atoms with Gasteiger partial charge in [-0.05, 0) is 31.9 Å². The van der Waals surface area contributed by atoms with E-state index in [2.05, 4.69) is 35.2 Å². The molecule has 1 aromatic carbocycles. The Hall–Kier alpha value is -2.10. The van der Waals surface area contributed by atoms with Crippen LogP contribution in [0.3, 0.4) is 0 Å². The highest BCUT2D eigenvalue weighted by Crippen LogP contribution is 2.24. The second-order valence-corrected chi connectivity index (χ2v) is 4.52. The van der Waals surface area contributed by atoms with Gasteiger partial charge in [0.15, 0.2) is 0 Å². The van der Waals surface area contributed by atoms with Gasteiger partial charge in [0.2, 0.25) is 11.8 Å². The standard InChI is InChI=1S/C15H19N3O/c1-4-8-16-15-17-9-7-14(18-15)19-13-6-5-11(2)10-12(13)3/h5-7,9-10H,4,8H2,1-3H3,(H,16,17,18). The lowest BCUT2D eigenvalue weighted by molar-refractivity contribution is 0.458. The fourth-order valence-corrected chi connectivity index (χ4v) is 1.75. The summed E-state index contributed by atoms with van der Waals surface area (Å²) in [5.41, 5.74) is 2.32. The third-order valence-corrected chi connectivity index (χ3v) is 2.71. The van der Waals surface area contributed by atoms with Crippen molar-refractivity contribution in [2.45, 2.75) is 27.2 Å². The van der Waals surface area contributed by atoms with Crippen LogP contribution >= 0.6 is 0 Å². The lowest BCUT2D eigenvalue weighted by atomic mass is 10.1. The Kier molecular flexibility index (Phi) is 4.34. The number of hydrogen-bond acceptors (Lipinski definition) is 4. The van der Waals surface area contributed by atoms with Crippen LogP contribution < -0.4 is 10.1 Å². The van der Waals surface area contributed by atoms with Gasteiger partial charge in [-0.3, -0.25) is 0 Å². The summed E-state index contributed by atoms with van der Waals surface area (Å²) in [7, 11) is 0. The molecule has 0 bridgehead atoms. The van der Waals surface area contributed by atoms with Gasteiger partial charge in [-0.25, -0.2) is 4.98 Å². The van der Waals surface area contributed by atoms with Crippen LogP contribution in [-0.2, 0) is 0 Å². The van der Waals surface area contributed by atoms with Gasteiger partial charge in [0.05, 0.1) is 0 Å². The van der Waals surface area contributed by atoms with E-state index in [0.717, 1.165) is 24.3 Å². The van der Waals surface area contributed by atoms with E-state index in [9.17, 15) is 0 Å². The van der Waals surface area contributed by atoms with E-state index in [0.29, 0.717) is 11.8 Å². The lowest BCUT2D eigenvalue weighted by Gasteiger charge is -2.09. The van der Waals surface area contributed by atoms with Crippen molar-refractivity contribution in [3.63, 3.8) is 0 Å². The molecular formula is C15H19N3O. The molecule has 1 aromatic heterocycles. The van der Waals surface area contributed by atoms with Gasteiger partial charge in [-0.2, -0.15) is 4.98 Å². The molecular weight excluding hydrogens is 238 g/mol. The third-order valence-electron chi connectivity index (χ3n) is 2.71. The number of rotatable bonds is 5. The number of hydrogen-bond donors (Lipinski definition) is 1. The first-order chi connectivity index (χ1) is 9.19. The average Bonchev–Trinajstić information content (AvgIpc) is 2.40. The zero-order chi connectivity index (χ0) is 13.7. The first-order valence-electron chi connectivity index (χ1n) is 6.51. The van der Waals surface area contributed by atoms with E-state index < -0.39 is 0 Å². The topological polar surface area (TPSA) is 47.0 Å². The van der Waals surface area contributed by atoms with Crippen molar-refractivity contribution in [3.8, 4) is 11.6 Å². The van der Waals surface area contributed by atoms with E-state index >= 15 is 0 Å². The summed E-state index contributed by atoms with van der Waals surface area (Å²) in [6.45, 7) is 7.05. The Morgan fingerprint density at radius 1 is 1.21 bits per heavy atom. The zero-order valence-corrected chi connectivity index (χ0v) is 11.6. The van der Waals surface area contributed by atoms with E-state index in [1.807, 2.05) is 19.1 Å². The van der Waals surface area contributed by atoms with Crippen molar-refractivity contribution in [3.05, 3.63) is 41.6 Å². The molecule has 0 aliphatic carbocycles. The minimum absolute atomic E-state index is 0.556. The van der Waals surface area contributed by atoms with Gasteiger partial charge in [0.25, 0.3) is 0 Å². The summed E-state index contributed by atoms with van der Waals surface area (Å²) in [6.07, 6.45) is 2.73. The largest absolute Gasteiger partial charge is 0.439 e. The summed E-state index contributed by atoms with van der Waals surface area (Å²) in [6, 6.07) is 7.84. The molecule has 1 N–H and O–H groups in total. The molecule has 0 radical (unpaired) electrons. The first kappa shape index (κ1) is 13.3. The predicted molar refractivity (Wildman–Crippen MR) is 76.8 cm³/mol. The summed E-state index contributed by atoms with van der Waals surface area (Å²) in [4.78, 5) is 8.48. The van der Waals surface area contributed by atoms with Crippen LogP contribution in [0.1, 0.15) is 24.5 Å². The molecule has 0 saturated heterocycles. The van der Waals surface area contributed by atoms with Crippen molar-refractivity contribution in [1.29, 1.82) is 0 Å². The first-order valence-corrected chi connectivity index (χ1v) is 6.51. The van der Waals surface area contributed by atoms with Crippen LogP contribution in [0.2, 0.25) is 0 Å². The van der Waals surface area contributed by atoms with Gasteiger partial charge >= 0.3 is 0 Å². The number of anilines is 1. The molecule has 0 aliphatic rings. The minimum atomic E-state index is 0.556. The molecule has 2 aromatic rings. The normalized spacial score (nSPS) is 10.3. The molecule has 100 valence electrons. The summed E-state index contributed by atoms with van der Waals surface area (Å²) >= 11 is 0. The van der Waals surface area contributed by atoms with Crippen LogP contribution in [0.25, 0.3) is 0 Å². The van der Waals surface area contributed by atoms with E-state index in [-0.39, 0.29) is 0 Å². The Morgan fingerprint density at radius 2 is 2.05 bits per heavy atom. The van der Waals surface area contributed by atoms with Crippen LogP contribution in [-0.4, -0.2) is 16.5 Å². The zero-order valence-electron chi connectivity index (χ0n) is 11.6. The molecule has 1 heterocycles. The molecule has 0 aliphatic heterocycles. The highest BCUT2D eigenvalue weighted by Gasteiger charge is 2.04. The number of nitrogens with zero attached hydrogens (tertiary/aromatic N) is 2. The molecule has 4 nitrogen and oxygen atoms in total. The lowest BCUT2D eigenvalue weighted by Crippen LogP contribution is -2.04. The Balaban J connectivity index is 2.14. The molecule has 0 saturated carbocycles. The van der Waals surface area contributed by atoms with Gasteiger partial charge in [-0.1, -0.05) is 24.6 Å². The summed E-state index contributed by atoms with van der Waals surface area (Å²) in [5, 5.41) is 3.14. The fraction of sp³-hybridized carbons (Fsp3) is 0.333. The van der Waals surface area contributed by atoms with E-state index in [4.69, 9.17) is 4.74 Å². The van der Waals surface area contributed by atoms with Crippen LogP contribution in [0.4, 0.5) is 5.95 Å². The predicted octanol–water partition coefficient (Wildman–Crippen LogP) is 3.71. The fourth-order valence-electron chi connectivity index (χ4n) is 1.75. The van der Waals surface area contributed by atoms with Crippen molar-refractivity contribution in [2.75, 3.05) is 11.9 Å². The highest BCUT2D eigenvalue weighted by molar-refractivity contribution is 5.38. The SMILES string of the molecule is CCCNc1nccc(Oc2ccc(C)cc2C)n1. The van der Waals surface area contributed by atoms with E-state index in [1.54, 1.807) is 12.3 Å². The Morgan fingerprint density at radius 3 is 2.79 bits per heavy atom. The van der Waals surface area contributed by atoms with Gasteiger partial charge in [-0.15, -0.1) is 0 Å². The molecule has 0 spiro atoms. The maximum Gasteiger partial charge on any atom is 0.225 e. The van der Waals surface area contributed by atoms with Crippen LogP contribution in [0.15, 0.2) is 30.5 Å². The Bertz CT molecular complexity index is 555. The number of ether oxygens (including phenoxy) is 1. The quantitative estimate of drug-likeness (QED) is 0.887. The molecule has 0 amide bonds. The molecule has 4 heteroatoms. The number of benzene rings is 1. The smallest absolute Gasteiger partial charge is 0.225 e. The van der Waals surface area contributed by atoms with Crippen molar-refractivity contribution < 1.29 is 4.74 Å². The number of aryl methyl sites for hydroxylation is 2. The van der Waals surface area contributed by atoms with Gasteiger partial charge < -0.3 is 10.1 Å². The van der Waals surface area contributed by atoms with Gasteiger partial charge in [0.1, 0.15) is 5.75 Å². The highest BCUT2D eigenvalue weighted by atomic mass is 16.5. The second-order valence-electron chi connectivity index (χ2n) is 4.52. The molecule has 0 atom stereocenters.